The van der Waals surface area contributed by atoms with Crippen LogP contribution >= 0.6 is 11.6 Å². The molecular formula is C23H19ClN2O4. The predicted molar refractivity (Wildman–Crippen MR) is 110 cm³/mol. The number of allylic oxidation sites excluding steroid dienone is 2. The normalized spacial score (nSPS) is 33.3. The van der Waals surface area contributed by atoms with Crippen LogP contribution in [-0.4, -0.2) is 30.1 Å². The van der Waals surface area contributed by atoms with Crippen molar-refractivity contribution in [2.75, 3.05) is 7.11 Å². The zero-order valence-corrected chi connectivity index (χ0v) is 17.0. The monoisotopic (exact) mass is 422 g/mol. The molecule has 1 aromatic carbocycles. The van der Waals surface area contributed by atoms with Gasteiger partial charge in [-0.2, -0.15) is 10.1 Å². The number of rotatable bonds is 4. The van der Waals surface area contributed by atoms with E-state index in [0.717, 1.165) is 17.0 Å². The van der Waals surface area contributed by atoms with Crippen LogP contribution in [0.5, 0.6) is 5.75 Å². The second-order valence-corrected chi connectivity index (χ2v) is 8.87. The maximum Gasteiger partial charge on any atom is 0.254 e. The summed E-state index contributed by atoms with van der Waals surface area (Å²) in [6, 6.07) is 8.81. The lowest BCUT2D eigenvalue weighted by atomic mass is 9.63. The van der Waals surface area contributed by atoms with Crippen LogP contribution < -0.4 is 4.74 Å². The number of benzene rings is 1. The number of nitrogens with zero attached hydrogens (tertiary/aromatic N) is 2. The van der Waals surface area contributed by atoms with Gasteiger partial charge in [0, 0.05) is 5.02 Å². The maximum absolute atomic E-state index is 13.0. The number of methoxy groups -OCH3 is 1. The molecule has 5 aliphatic rings. The zero-order chi connectivity index (χ0) is 20.6. The lowest BCUT2D eigenvalue weighted by molar-refractivity contribution is -0.140. The highest BCUT2D eigenvalue weighted by molar-refractivity contribution is 6.30. The summed E-state index contributed by atoms with van der Waals surface area (Å²) in [4.78, 5) is 25.9. The van der Waals surface area contributed by atoms with Gasteiger partial charge >= 0.3 is 0 Å². The Morgan fingerprint density at radius 1 is 1.10 bits per heavy atom. The molecule has 3 fully saturated rings. The van der Waals surface area contributed by atoms with Crippen LogP contribution in [0.3, 0.4) is 0 Å². The summed E-state index contributed by atoms with van der Waals surface area (Å²) in [5, 5.41) is 5.84. The minimum absolute atomic E-state index is 0.183. The van der Waals surface area contributed by atoms with Gasteiger partial charge in [0.2, 0.25) is 0 Å². The van der Waals surface area contributed by atoms with Crippen LogP contribution in [0, 0.1) is 35.5 Å². The van der Waals surface area contributed by atoms with Gasteiger partial charge in [-0.15, -0.1) is 0 Å². The fourth-order valence-corrected chi connectivity index (χ4v) is 5.77. The summed E-state index contributed by atoms with van der Waals surface area (Å²) in [7, 11) is 1.57. The van der Waals surface area contributed by atoms with Crippen molar-refractivity contribution in [3.8, 4) is 17.1 Å². The average Bonchev–Trinajstić information content (AvgIpc) is 3.39. The Balaban J connectivity index is 1.25. The van der Waals surface area contributed by atoms with Gasteiger partial charge < -0.3 is 9.15 Å². The maximum atomic E-state index is 13.0. The summed E-state index contributed by atoms with van der Waals surface area (Å²) in [6.45, 7) is 0. The fraction of sp³-hybridized carbons (Fsp3) is 0.348. The van der Waals surface area contributed by atoms with Crippen LogP contribution in [0.15, 0.2) is 52.0 Å². The molecule has 2 heterocycles. The first-order valence-electron chi connectivity index (χ1n) is 10.1. The second-order valence-electron chi connectivity index (χ2n) is 8.43. The van der Waals surface area contributed by atoms with E-state index in [2.05, 4.69) is 17.3 Å². The van der Waals surface area contributed by atoms with Crippen molar-refractivity contribution in [1.29, 1.82) is 0 Å². The van der Waals surface area contributed by atoms with Crippen molar-refractivity contribution in [2.45, 2.75) is 6.42 Å². The van der Waals surface area contributed by atoms with Gasteiger partial charge in [-0.1, -0.05) is 23.8 Å². The van der Waals surface area contributed by atoms with Crippen LogP contribution in [0.25, 0.3) is 11.3 Å². The Kier molecular flexibility index (Phi) is 3.78. The predicted octanol–water partition coefficient (Wildman–Crippen LogP) is 4.00. The first kappa shape index (κ1) is 18.0. The molecule has 0 spiro atoms. The van der Waals surface area contributed by atoms with Gasteiger partial charge in [0.25, 0.3) is 11.8 Å². The number of hydrogen-bond donors (Lipinski definition) is 0. The minimum atomic E-state index is -0.251. The quantitative estimate of drug-likeness (QED) is 0.424. The van der Waals surface area contributed by atoms with Crippen LogP contribution in [0.4, 0.5) is 0 Å². The third kappa shape index (κ3) is 2.46. The second kappa shape index (κ2) is 6.32. The van der Waals surface area contributed by atoms with E-state index in [-0.39, 0.29) is 35.5 Å². The third-order valence-electron chi connectivity index (χ3n) is 7.00. The highest BCUT2D eigenvalue weighted by Gasteiger charge is 2.67. The molecule has 0 N–H and O–H groups in total. The van der Waals surface area contributed by atoms with E-state index < -0.39 is 0 Å². The smallest absolute Gasteiger partial charge is 0.254 e. The topological polar surface area (TPSA) is 72.1 Å². The Bertz CT molecular complexity index is 1100. The van der Waals surface area contributed by atoms with Crippen molar-refractivity contribution >= 4 is 29.6 Å². The number of furan rings is 1. The van der Waals surface area contributed by atoms with Crippen LogP contribution in [0.1, 0.15) is 12.2 Å². The van der Waals surface area contributed by atoms with Gasteiger partial charge in [0.05, 0.1) is 30.7 Å². The minimum Gasteiger partial charge on any atom is -0.496 e. The third-order valence-corrected chi connectivity index (χ3v) is 7.23. The summed E-state index contributed by atoms with van der Waals surface area (Å²) < 4.78 is 11.2. The number of hydrazone groups is 1. The molecule has 6 atom stereocenters. The summed E-state index contributed by atoms with van der Waals surface area (Å²) >= 11 is 6.02. The van der Waals surface area contributed by atoms with Crippen LogP contribution in [-0.2, 0) is 9.59 Å². The Morgan fingerprint density at radius 3 is 2.47 bits per heavy atom. The number of hydrogen-bond acceptors (Lipinski definition) is 5. The molecule has 30 heavy (non-hydrogen) atoms. The Hall–Kier alpha value is -2.86. The standard InChI is InChI=1S/C23H19ClN2O4/c1-29-19-8-11(24)2-4-15(19)18-7-3-12(30-18)10-25-26-22(27)20-13-5-6-14(17-9-16(13)17)21(20)23(26)28/h2-8,10,13-14,16-17,20-21H,9H2,1H3. The largest absolute Gasteiger partial charge is 0.496 e. The Morgan fingerprint density at radius 2 is 1.80 bits per heavy atom. The van der Waals surface area contributed by atoms with Gasteiger partial charge in [-0.05, 0) is 60.4 Å². The SMILES string of the molecule is COc1cc(Cl)ccc1-c1ccc(C=NN2C(=O)C3C4C=CC(C5CC45)C3C2=O)o1. The number of halogens is 1. The van der Waals surface area contributed by atoms with Crippen molar-refractivity contribution < 1.29 is 18.7 Å². The summed E-state index contributed by atoms with van der Waals surface area (Å²) in [5.74, 6) is 2.28. The van der Waals surface area contributed by atoms with Gasteiger partial charge in [-0.25, -0.2) is 0 Å². The lowest BCUT2D eigenvalue weighted by Crippen LogP contribution is -2.40. The number of carbonyl (C=O) groups is 2. The summed E-state index contributed by atoms with van der Waals surface area (Å²) in [5.41, 5.74) is 0.753. The number of imide groups is 1. The molecular weight excluding hydrogens is 404 g/mol. The van der Waals surface area contributed by atoms with Gasteiger partial charge in [0.15, 0.2) is 0 Å². The molecule has 0 radical (unpaired) electrons. The molecule has 152 valence electrons. The fourth-order valence-electron chi connectivity index (χ4n) is 5.61. The van der Waals surface area contributed by atoms with E-state index in [0.29, 0.717) is 34.1 Å². The first-order valence-corrected chi connectivity index (χ1v) is 10.5. The number of amides is 2. The first-order chi connectivity index (χ1) is 14.6. The molecule has 2 amide bonds. The molecule has 2 aromatic rings. The van der Waals surface area contributed by atoms with Crippen molar-refractivity contribution in [2.24, 2.45) is 40.6 Å². The highest BCUT2D eigenvalue weighted by atomic mass is 35.5. The van der Waals surface area contributed by atoms with Gasteiger partial charge in [-0.3, -0.25) is 9.59 Å². The molecule has 2 bridgehead atoms. The molecule has 1 aromatic heterocycles. The molecule has 4 aliphatic carbocycles. The summed E-state index contributed by atoms with van der Waals surface area (Å²) in [6.07, 6.45) is 6.87. The van der Waals surface area contributed by atoms with E-state index in [1.54, 1.807) is 31.4 Å². The lowest BCUT2D eigenvalue weighted by Gasteiger charge is -2.37. The molecule has 1 aliphatic heterocycles. The molecule has 6 unspecified atom stereocenters. The van der Waals surface area contributed by atoms with Gasteiger partial charge in [0.1, 0.15) is 17.3 Å². The van der Waals surface area contributed by atoms with E-state index in [1.807, 2.05) is 6.07 Å². The molecule has 6 nitrogen and oxygen atoms in total. The van der Waals surface area contributed by atoms with Crippen LogP contribution in [0.2, 0.25) is 5.02 Å². The highest BCUT2D eigenvalue weighted by Crippen LogP contribution is 2.65. The number of carbonyl (C=O) groups excluding carboxylic acids is 2. The van der Waals surface area contributed by atoms with E-state index >= 15 is 0 Å². The zero-order valence-electron chi connectivity index (χ0n) is 16.2. The molecule has 2 saturated carbocycles. The number of ether oxygens (including phenoxy) is 1. The van der Waals surface area contributed by atoms with E-state index in [1.165, 1.54) is 6.21 Å². The average molecular weight is 423 g/mol. The molecule has 7 rings (SSSR count). The van der Waals surface area contributed by atoms with E-state index in [4.69, 9.17) is 20.8 Å². The van der Waals surface area contributed by atoms with Crippen molar-refractivity contribution in [1.82, 2.24) is 5.01 Å². The van der Waals surface area contributed by atoms with E-state index in [9.17, 15) is 9.59 Å². The molecule has 7 heteroatoms. The van der Waals surface area contributed by atoms with Crippen molar-refractivity contribution in [3.63, 3.8) is 0 Å². The van der Waals surface area contributed by atoms with Crippen molar-refractivity contribution in [3.05, 3.63) is 53.3 Å². The Labute approximate surface area is 178 Å². The molecule has 1 saturated heterocycles.